The molecule has 1 saturated carbocycles. The third-order valence-electron chi connectivity index (χ3n) is 4.05. The van der Waals surface area contributed by atoms with Gasteiger partial charge < -0.3 is 14.6 Å². The van der Waals surface area contributed by atoms with Crippen LogP contribution in [0.2, 0.25) is 0 Å². The SMILES string of the molecule is CCC(OC(=O)CCC1CCCC1)C(=O)Nc1cc(C)on1. The molecule has 122 valence electrons. The van der Waals surface area contributed by atoms with Crippen molar-refractivity contribution in [3.05, 3.63) is 11.8 Å². The lowest BCUT2D eigenvalue weighted by Crippen LogP contribution is -2.32. The Balaban J connectivity index is 1.77. The molecule has 6 nitrogen and oxygen atoms in total. The molecule has 6 heteroatoms. The average Bonchev–Trinajstić information content (AvgIpc) is 3.14. The molecule has 0 saturated heterocycles. The van der Waals surface area contributed by atoms with Gasteiger partial charge in [0.2, 0.25) is 0 Å². The van der Waals surface area contributed by atoms with Gasteiger partial charge in [-0.15, -0.1) is 0 Å². The molecule has 1 atom stereocenters. The maximum atomic E-state index is 12.1. The Kier molecular flexibility index (Phi) is 5.98. The highest BCUT2D eigenvalue weighted by atomic mass is 16.5. The van der Waals surface area contributed by atoms with Crippen LogP contribution < -0.4 is 5.32 Å². The molecule has 1 aromatic rings. The Morgan fingerprint density at radius 1 is 1.45 bits per heavy atom. The number of anilines is 1. The standard InChI is InChI=1S/C16H24N2O4/c1-3-13(16(20)17-14-10-11(2)22-18-14)21-15(19)9-8-12-6-4-5-7-12/h10,12-13H,3-9H2,1-2H3,(H,17,18,20). The van der Waals surface area contributed by atoms with E-state index < -0.39 is 6.10 Å². The van der Waals surface area contributed by atoms with E-state index in [1.54, 1.807) is 13.0 Å². The number of nitrogens with zero attached hydrogens (tertiary/aromatic N) is 1. The summed E-state index contributed by atoms with van der Waals surface area (Å²) in [6, 6.07) is 1.62. The molecular formula is C16H24N2O4. The molecule has 1 N–H and O–H groups in total. The normalized spacial score (nSPS) is 16.5. The Labute approximate surface area is 130 Å². The number of nitrogens with one attached hydrogen (secondary N) is 1. The number of aryl methyl sites for hydroxylation is 1. The second-order valence-corrected chi connectivity index (χ2v) is 5.89. The summed E-state index contributed by atoms with van der Waals surface area (Å²) in [5.41, 5.74) is 0. The minimum absolute atomic E-state index is 0.301. The van der Waals surface area contributed by atoms with Crippen molar-refractivity contribution in [2.24, 2.45) is 5.92 Å². The minimum Gasteiger partial charge on any atom is -0.452 e. The van der Waals surface area contributed by atoms with Crippen molar-refractivity contribution in [1.82, 2.24) is 5.16 Å². The van der Waals surface area contributed by atoms with E-state index >= 15 is 0 Å². The van der Waals surface area contributed by atoms with Crippen LogP contribution >= 0.6 is 0 Å². The number of rotatable bonds is 7. The summed E-state index contributed by atoms with van der Waals surface area (Å²) in [4.78, 5) is 24.0. The van der Waals surface area contributed by atoms with Gasteiger partial charge in [-0.1, -0.05) is 37.8 Å². The van der Waals surface area contributed by atoms with E-state index in [0.717, 1.165) is 6.42 Å². The van der Waals surface area contributed by atoms with Gasteiger partial charge in [0, 0.05) is 12.5 Å². The van der Waals surface area contributed by atoms with Crippen LogP contribution in [0.4, 0.5) is 5.82 Å². The smallest absolute Gasteiger partial charge is 0.306 e. The first-order chi connectivity index (χ1) is 10.6. The largest absolute Gasteiger partial charge is 0.452 e. The second kappa shape index (κ2) is 7.96. The summed E-state index contributed by atoms with van der Waals surface area (Å²) in [6.45, 7) is 3.55. The molecule has 1 heterocycles. The van der Waals surface area contributed by atoms with Crippen molar-refractivity contribution in [3.8, 4) is 0 Å². The average molecular weight is 308 g/mol. The van der Waals surface area contributed by atoms with E-state index in [1.165, 1.54) is 25.7 Å². The van der Waals surface area contributed by atoms with Gasteiger partial charge in [-0.2, -0.15) is 0 Å². The van der Waals surface area contributed by atoms with Crippen molar-refractivity contribution in [3.63, 3.8) is 0 Å². The highest BCUT2D eigenvalue weighted by Crippen LogP contribution is 2.28. The third-order valence-corrected chi connectivity index (χ3v) is 4.05. The fraction of sp³-hybridized carbons (Fsp3) is 0.688. The quantitative estimate of drug-likeness (QED) is 0.782. The molecular weight excluding hydrogens is 284 g/mol. The molecule has 0 bridgehead atoms. The molecule has 0 aromatic carbocycles. The van der Waals surface area contributed by atoms with Crippen LogP contribution in [-0.4, -0.2) is 23.1 Å². The van der Waals surface area contributed by atoms with Gasteiger partial charge in [-0.05, 0) is 25.7 Å². The van der Waals surface area contributed by atoms with Crippen molar-refractivity contribution in [1.29, 1.82) is 0 Å². The predicted octanol–water partition coefficient (Wildman–Crippen LogP) is 3.21. The van der Waals surface area contributed by atoms with E-state index in [2.05, 4.69) is 10.5 Å². The molecule has 2 rings (SSSR count). The van der Waals surface area contributed by atoms with Crippen LogP contribution in [0.1, 0.15) is 57.6 Å². The summed E-state index contributed by atoms with van der Waals surface area (Å²) in [5, 5.41) is 6.29. The molecule has 22 heavy (non-hydrogen) atoms. The molecule has 1 amide bonds. The van der Waals surface area contributed by atoms with Gasteiger partial charge in [0.15, 0.2) is 11.9 Å². The molecule has 0 spiro atoms. The van der Waals surface area contributed by atoms with Gasteiger partial charge in [0.25, 0.3) is 5.91 Å². The van der Waals surface area contributed by atoms with E-state index in [4.69, 9.17) is 9.26 Å². The molecule has 0 radical (unpaired) electrons. The fourth-order valence-corrected chi connectivity index (χ4v) is 2.79. The molecule has 1 aromatic heterocycles. The van der Waals surface area contributed by atoms with Crippen molar-refractivity contribution >= 4 is 17.7 Å². The molecule has 1 unspecified atom stereocenters. The molecule has 0 aliphatic heterocycles. The van der Waals surface area contributed by atoms with Crippen molar-refractivity contribution in [2.75, 3.05) is 5.32 Å². The lowest BCUT2D eigenvalue weighted by Gasteiger charge is -2.15. The predicted molar refractivity (Wildman–Crippen MR) is 81.2 cm³/mol. The number of esters is 1. The topological polar surface area (TPSA) is 81.4 Å². The number of aromatic nitrogens is 1. The van der Waals surface area contributed by atoms with E-state index in [0.29, 0.717) is 30.3 Å². The Morgan fingerprint density at radius 2 is 2.18 bits per heavy atom. The maximum Gasteiger partial charge on any atom is 0.306 e. The van der Waals surface area contributed by atoms with Crippen molar-refractivity contribution in [2.45, 2.75) is 64.9 Å². The summed E-state index contributed by atoms with van der Waals surface area (Å²) in [6.07, 6.45) is 5.82. The zero-order valence-corrected chi connectivity index (χ0v) is 13.3. The van der Waals surface area contributed by atoms with Gasteiger partial charge in [-0.3, -0.25) is 9.59 Å². The van der Waals surface area contributed by atoms with Crippen LogP contribution in [0.5, 0.6) is 0 Å². The lowest BCUT2D eigenvalue weighted by atomic mass is 10.0. The van der Waals surface area contributed by atoms with Crippen molar-refractivity contribution < 1.29 is 18.8 Å². The lowest BCUT2D eigenvalue weighted by molar-refractivity contribution is -0.154. The number of hydrogen-bond donors (Lipinski definition) is 1. The second-order valence-electron chi connectivity index (χ2n) is 5.89. The monoisotopic (exact) mass is 308 g/mol. The van der Waals surface area contributed by atoms with Crippen LogP contribution in [0, 0.1) is 12.8 Å². The van der Waals surface area contributed by atoms with Gasteiger partial charge in [0.05, 0.1) is 0 Å². The van der Waals surface area contributed by atoms with E-state index in [-0.39, 0.29) is 11.9 Å². The van der Waals surface area contributed by atoms with E-state index in [9.17, 15) is 9.59 Å². The van der Waals surface area contributed by atoms with Gasteiger partial charge in [-0.25, -0.2) is 0 Å². The molecule has 1 aliphatic rings. The van der Waals surface area contributed by atoms with Crippen LogP contribution in [0.25, 0.3) is 0 Å². The Bertz CT molecular complexity index is 506. The highest BCUT2D eigenvalue weighted by Gasteiger charge is 2.23. The van der Waals surface area contributed by atoms with Crippen LogP contribution in [0.15, 0.2) is 10.6 Å². The van der Waals surface area contributed by atoms with Gasteiger partial charge >= 0.3 is 5.97 Å². The first-order valence-corrected chi connectivity index (χ1v) is 8.02. The minimum atomic E-state index is -0.784. The van der Waals surface area contributed by atoms with Crippen LogP contribution in [0.3, 0.4) is 0 Å². The summed E-state index contributed by atoms with van der Waals surface area (Å²) in [5.74, 6) is 0.912. The third kappa shape index (κ3) is 4.86. The Hall–Kier alpha value is -1.85. The summed E-state index contributed by atoms with van der Waals surface area (Å²) < 4.78 is 10.2. The zero-order chi connectivity index (χ0) is 15.9. The summed E-state index contributed by atoms with van der Waals surface area (Å²) >= 11 is 0. The number of ether oxygens (including phenoxy) is 1. The Morgan fingerprint density at radius 3 is 2.77 bits per heavy atom. The first kappa shape index (κ1) is 16.5. The molecule has 1 aliphatic carbocycles. The maximum absolute atomic E-state index is 12.1. The van der Waals surface area contributed by atoms with Gasteiger partial charge in [0.1, 0.15) is 5.76 Å². The van der Waals surface area contributed by atoms with Crippen LogP contribution in [-0.2, 0) is 14.3 Å². The zero-order valence-electron chi connectivity index (χ0n) is 13.3. The number of amides is 1. The number of carbonyl (C=O) groups excluding carboxylic acids is 2. The number of hydrogen-bond acceptors (Lipinski definition) is 5. The number of carbonyl (C=O) groups is 2. The van der Waals surface area contributed by atoms with E-state index in [1.807, 2.05) is 6.92 Å². The highest BCUT2D eigenvalue weighted by molar-refractivity contribution is 5.94. The fourth-order valence-electron chi connectivity index (χ4n) is 2.79. The molecule has 1 fully saturated rings. The summed E-state index contributed by atoms with van der Waals surface area (Å²) in [7, 11) is 0. The first-order valence-electron chi connectivity index (χ1n) is 8.02.